The summed E-state index contributed by atoms with van der Waals surface area (Å²) in [6.45, 7) is 2.08. The molecule has 0 saturated heterocycles. The van der Waals surface area contributed by atoms with Gasteiger partial charge in [0.05, 0.1) is 0 Å². The molecule has 3 rings (SSSR count). The van der Waals surface area contributed by atoms with Crippen molar-refractivity contribution in [2.24, 2.45) is 0 Å². The Morgan fingerprint density at radius 2 is 2.06 bits per heavy atom. The normalized spacial score (nSPS) is 10.9. The van der Waals surface area contributed by atoms with Crippen molar-refractivity contribution in [3.05, 3.63) is 59.5 Å². The highest BCUT2D eigenvalue weighted by Gasteiger charge is 2.06. The summed E-state index contributed by atoms with van der Waals surface area (Å²) < 4.78 is 5.70. The molecule has 0 aliphatic carbocycles. The van der Waals surface area contributed by atoms with Crippen LogP contribution in [0.25, 0.3) is 11.1 Å². The highest BCUT2D eigenvalue weighted by atomic mass is 16.3. The molecule has 0 unspecified atom stereocenters. The monoisotopic (exact) mass is 238 g/mol. The smallest absolute Gasteiger partial charge is 0.199 e. The maximum absolute atomic E-state index is 5.72. The first-order chi connectivity index (χ1) is 8.70. The SMILES string of the molecule is Cc1cccc(Cc2nc3ccc(N)cc3o2)c1. The summed E-state index contributed by atoms with van der Waals surface area (Å²) in [5.41, 5.74) is 10.5. The van der Waals surface area contributed by atoms with Gasteiger partial charge in [-0.25, -0.2) is 4.98 Å². The van der Waals surface area contributed by atoms with Crippen LogP contribution in [0.3, 0.4) is 0 Å². The average Bonchev–Trinajstić information content (AvgIpc) is 2.70. The van der Waals surface area contributed by atoms with E-state index >= 15 is 0 Å². The van der Waals surface area contributed by atoms with Gasteiger partial charge >= 0.3 is 0 Å². The minimum Gasteiger partial charge on any atom is -0.440 e. The zero-order valence-corrected chi connectivity index (χ0v) is 10.2. The van der Waals surface area contributed by atoms with Gasteiger partial charge in [0.2, 0.25) is 0 Å². The van der Waals surface area contributed by atoms with Gasteiger partial charge in [0.1, 0.15) is 5.52 Å². The van der Waals surface area contributed by atoms with E-state index in [1.165, 1.54) is 11.1 Å². The molecule has 0 aliphatic heterocycles. The average molecular weight is 238 g/mol. The molecule has 1 aromatic heterocycles. The fourth-order valence-electron chi connectivity index (χ4n) is 2.06. The molecule has 3 heteroatoms. The number of nitrogen functional groups attached to an aromatic ring is 1. The summed E-state index contributed by atoms with van der Waals surface area (Å²) >= 11 is 0. The van der Waals surface area contributed by atoms with E-state index in [-0.39, 0.29) is 0 Å². The van der Waals surface area contributed by atoms with E-state index in [1.807, 2.05) is 24.3 Å². The lowest BCUT2D eigenvalue weighted by Gasteiger charge is -1.98. The second-order valence-electron chi connectivity index (χ2n) is 4.50. The zero-order chi connectivity index (χ0) is 12.5. The number of nitrogens with two attached hydrogens (primary N) is 1. The lowest BCUT2D eigenvalue weighted by atomic mass is 10.1. The van der Waals surface area contributed by atoms with Crippen molar-refractivity contribution in [1.82, 2.24) is 4.98 Å². The fourth-order valence-corrected chi connectivity index (χ4v) is 2.06. The number of hydrogen-bond donors (Lipinski definition) is 1. The van der Waals surface area contributed by atoms with Gasteiger partial charge in [-0.3, -0.25) is 0 Å². The van der Waals surface area contributed by atoms with Crippen LogP contribution in [0.15, 0.2) is 46.9 Å². The van der Waals surface area contributed by atoms with Crippen LogP contribution in [-0.2, 0) is 6.42 Å². The van der Waals surface area contributed by atoms with Crippen LogP contribution < -0.4 is 5.73 Å². The van der Waals surface area contributed by atoms with E-state index in [0.29, 0.717) is 12.1 Å². The Morgan fingerprint density at radius 1 is 1.17 bits per heavy atom. The Morgan fingerprint density at radius 3 is 2.89 bits per heavy atom. The summed E-state index contributed by atoms with van der Waals surface area (Å²) in [5, 5.41) is 0. The van der Waals surface area contributed by atoms with Crippen molar-refractivity contribution in [3.63, 3.8) is 0 Å². The van der Waals surface area contributed by atoms with Crippen molar-refractivity contribution in [1.29, 1.82) is 0 Å². The summed E-state index contributed by atoms with van der Waals surface area (Å²) in [7, 11) is 0. The Bertz CT molecular complexity index is 701. The number of fused-ring (bicyclic) bond motifs is 1. The molecule has 0 spiro atoms. The van der Waals surface area contributed by atoms with Gasteiger partial charge in [-0.05, 0) is 24.6 Å². The number of anilines is 1. The maximum Gasteiger partial charge on any atom is 0.199 e. The topological polar surface area (TPSA) is 52.0 Å². The first-order valence-corrected chi connectivity index (χ1v) is 5.91. The fraction of sp³-hybridized carbons (Fsp3) is 0.133. The van der Waals surface area contributed by atoms with Gasteiger partial charge in [-0.2, -0.15) is 0 Å². The summed E-state index contributed by atoms with van der Waals surface area (Å²) in [4.78, 5) is 4.46. The number of aryl methyl sites for hydroxylation is 1. The quantitative estimate of drug-likeness (QED) is 0.697. The molecule has 18 heavy (non-hydrogen) atoms. The standard InChI is InChI=1S/C15H14N2O/c1-10-3-2-4-11(7-10)8-15-17-13-6-5-12(16)9-14(13)18-15/h2-7,9H,8,16H2,1H3. The third-order valence-corrected chi connectivity index (χ3v) is 2.89. The van der Waals surface area contributed by atoms with Crippen LogP contribution in [-0.4, -0.2) is 4.98 Å². The van der Waals surface area contributed by atoms with Crippen LogP contribution in [0, 0.1) is 6.92 Å². The minimum absolute atomic E-state index is 0.695. The Kier molecular flexibility index (Phi) is 2.52. The van der Waals surface area contributed by atoms with E-state index in [2.05, 4.69) is 30.1 Å². The number of benzene rings is 2. The van der Waals surface area contributed by atoms with Crippen LogP contribution in [0.5, 0.6) is 0 Å². The Hall–Kier alpha value is -2.29. The third kappa shape index (κ3) is 2.07. The number of nitrogens with zero attached hydrogens (tertiary/aromatic N) is 1. The van der Waals surface area contributed by atoms with E-state index in [9.17, 15) is 0 Å². The molecule has 0 saturated carbocycles. The molecule has 0 bridgehead atoms. The van der Waals surface area contributed by atoms with Crippen LogP contribution in [0.1, 0.15) is 17.0 Å². The van der Waals surface area contributed by atoms with Gasteiger partial charge in [-0.1, -0.05) is 29.8 Å². The number of hydrogen-bond acceptors (Lipinski definition) is 3. The molecule has 2 N–H and O–H groups in total. The predicted molar refractivity (Wildman–Crippen MR) is 72.4 cm³/mol. The Labute approximate surface area is 105 Å². The van der Waals surface area contributed by atoms with Crippen molar-refractivity contribution in [2.75, 3.05) is 5.73 Å². The molecule has 3 nitrogen and oxygen atoms in total. The number of aromatic nitrogens is 1. The maximum atomic E-state index is 5.72. The summed E-state index contributed by atoms with van der Waals surface area (Å²) in [6, 6.07) is 13.9. The number of oxazole rings is 1. The Balaban J connectivity index is 1.95. The highest BCUT2D eigenvalue weighted by Crippen LogP contribution is 2.20. The van der Waals surface area contributed by atoms with Crippen LogP contribution in [0.4, 0.5) is 5.69 Å². The van der Waals surface area contributed by atoms with E-state index < -0.39 is 0 Å². The first kappa shape index (κ1) is 10.8. The first-order valence-electron chi connectivity index (χ1n) is 5.91. The van der Waals surface area contributed by atoms with Gasteiger partial charge in [0.25, 0.3) is 0 Å². The van der Waals surface area contributed by atoms with E-state index in [1.54, 1.807) is 0 Å². The molecule has 1 heterocycles. The predicted octanol–water partition coefficient (Wildman–Crippen LogP) is 3.31. The van der Waals surface area contributed by atoms with Crippen LogP contribution >= 0.6 is 0 Å². The molecule has 3 aromatic rings. The molecule has 0 amide bonds. The second-order valence-corrected chi connectivity index (χ2v) is 4.50. The van der Waals surface area contributed by atoms with E-state index in [0.717, 1.165) is 17.0 Å². The number of rotatable bonds is 2. The van der Waals surface area contributed by atoms with E-state index in [4.69, 9.17) is 10.2 Å². The lowest BCUT2D eigenvalue weighted by molar-refractivity contribution is 0.544. The van der Waals surface area contributed by atoms with Gasteiger partial charge in [0.15, 0.2) is 11.5 Å². The molecule has 0 radical (unpaired) electrons. The van der Waals surface area contributed by atoms with Crippen LogP contribution in [0.2, 0.25) is 0 Å². The molecule has 0 atom stereocenters. The second kappa shape index (κ2) is 4.18. The van der Waals surface area contributed by atoms with Gasteiger partial charge < -0.3 is 10.2 Å². The molecule has 90 valence electrons. The molecular formula is C15H14N2O. The molecule has 0 aliphatic rings. The van der Waals surface area contributed by atoms with Crippen molar-refractivity contribution in [2.45, 2.75) is 13.3 Å². The molecule has 2 aromatic carbocycles. The summed E-state index contributed by atoms with van der Waals surface area (Å²) in [6.07, 6.45) is 0.705. The highest BCUT2D eigenvalue weighted by molar-refractivity contribution is 5.76. The largest absolute Gasteiger partial charge is 0.440 e. The summed E-state index contributed by atoms with van der Waals surface area (Å²) in [5.74, 6) is 0.723. The van der Waals surface area contributed by atoms with Crippen molar-refractivity contribution >= 4 is 16.8 Å². The lowest BCUT2D eigenvalue weighted by Crippen LogP contribution is -1.88. The minimum atomic E-state index is 0.695. The molecule has 0 fully saturated rings. The third-order valence-electron chi connectivity index (χ3n) is 2.89. The van der Waals surface area contributed by atoms with Gasteiger partial charge in [0, 0.05) is 18.2 Å². The zero-order valence-electron chi connectivity index (χ0n) is 10.2. The molecular weight excluding hydrogens is 224 g/mol. The van der Waals surface area contributed by atoms with Crippen molar-refractivity contribution in [3.8, 4) is 0 Å². The van der Waals surface area contributed by atoms with Gasteiger partial charge in [-0.15, -0.1) is 0 Å². The van der Waals surface area contributed by atoms with Crippen molar-refractivity contribution < 1.29 is 4.42 Å².